The van der Waals surface area contributed by atoms with Crippen molar-refractivity contribution in [2.24, 2.45) is 0 Å². The van der Waals surface area contributed by atoms with E-state index in [9.17, 15) is 9.90 Å². The lowest BCUT2D eigenvalue weighted by atomic mass is 9.93. The number of hydrogen-bond acceptors (Lipinski definition) is 2. The van der Waals surface area contributed by atoms with Crippen LogP contribution in [0.25, 0.3) is 0 Å². The van der Waals surface area contributed by atoms with Crippen LogP contribution in [0.4, 0.5) is 5.69 Å². The third-order valence-corrected chi connectivity index (χ3v) is 4.78. The van der Waals surface area contributed by atoms with Crippen LogP contribution in [0.3, 0.4) is 0 Å². The molecule has 1 aliphatic heterocycles. The minimum atomic E-state index is -0.787. The third-order valence-electron chi connectivity index (χ3n) is 4.78. The summed E-state index contributed by atoms with van der Waals surface area (Å²) in [5.74, 6) is -0.787. The van der Waals surface area contributed by atoms with E-state index in [1.54, 1.807) is 6.07 Å². The molecule has 1 saturated carbocycles. The van der Waals surface area contributed by atoms with Gasteiger partial charge in [-0.25, -0.2) is 4.79 Å². The lowest BCUT2D eigenvalue weighted by Gasteiger charge is -2.38. The Hall–Kier alpha value is -1.51. The van der Waals surface area contributed by atoms with Crippen LogP contribution in [-0.2, 0) is 6.42 Å². The van der Waals surface area contributed by atoms with Crippen molar-refractivity contribution in [3.63, 3.8) is 0 Å². The van der Waals surface area contributed by atoms with E-state index in [-0.39, 0.29) is 0 Å². The van der Waals surface area contributed by atoms with Gasteiger partial charge in [-0.3, -0.25) is 0 Å². The van der Waals surface area contributed by atoms with Crippen LogP contribution in [0.15, 0.2) is 18.2 Å². The maximum absolute atomic E-state index is 11.4. The second kappa shape index (κ2) is 5.86. The van der Waals surface area contributed by atoms with Gasteiger partial charge in [-0.15, -0.1) is 0 Å². The van der Waals surface area contributed by atoms with Gasteiger partial charge in [0, 0.05) is 18.3 Å². The predicted octanol–water partition coefficient (Wildman–Crippen LogP) is 3.86. The van der Waals surface area contributed by atoms with Crippen LogP contribution >= 0.6 is 0 Å². The van der Waals surface area contributed by atoms with Crippen molar-refractivity contribution in [1.82, 2.24) is 0 Å². The van der Waals surface area contributed by atoms with E-state index >= 15 is 0 Å². The molecule has 3 heteroatoms. The lowest BCUT2D eigenvalue weighted by molar-refractivity contribution is 0.0695. The molecule has 0 amide bonds. The first-order chi connectivity index (χ1) is 9.77. The van der Waals surface area contributed by atoms with E-state index in [4.69, 9.17) is 0 Å². The Labute approximate surface area is 120 Å². The molecule has 1 aromatic carbocycles. The van der Waals surface area contributed by atoms with Crippen molar-refractivity contribution in [3.05, 3.63) is 29.3 Å². The third kappa shape index (κ3) is 2.54. The molecule has 0 atom stereocenters. The Morgan fingerprint density at radius 2 is 1.85 bits per heavy atom. The fraction of sp³-hybridized carbons (Fsp3) is 0.588. The van der Waals surface area contributed by atoms with E-state index in [1.165, 1.54) is 44.2 Å². The average molecular weight is 273 g/mol. The Morgan fingerprint density at radius 1 is 1.10 bits per heavy atom. The Bertz CT molecular complexity index is 490. The summed E-state index contributed by atoms with van der Waals surface area (Å²) in [6.45, 7) is 1.08. The van der Waals surface area contributed by atoms with Crippen LogP contribution in [0.1, 0.15) is 60.9 Å². The first-order valence-corrected chi connectivity index (χ1v) is 7.89. The minimum Gasteiger partial charge on any atom is -0.478 e. The fourth-order valence-electron chi connectivity index (χ4n) is 3.80. The molecule has 3 nitrogen and oxygen atoms in total. The number of carbonyl (C=O) groups is 1. The van der Waals surface area contributed by atoms with Gasteiger partial charge in [0.1, 0.15) is 0 Å². The topological polar surface area (TPSA) is 40.5 Å². The predicted molar refractivity (Wildman–Crippen MR) is 80.6 cm³/mol. The second-order valence-corrected chi connectivity index (χ2v) is 6.05. The number of carboxylic acid groups (broad SMARTS) is 1. The van der Waals surface area contributed by atoms with Gasteiger partial charge in [0.05, 0.1) is 5.56 Å². The number of hydrogen-bond donors (Lipinski definition) is 1. The number of aromatic carboxylic acids is 1. The van der Waals surface area contributed by atoms with Gasteiger partial charge in [0.2, 0.25) is 0 Å². The quantitative estimate of drug-likeness (QED) is 0.832. The molecule has 0 spiro atoms. The summed E-state index contributed by atoms with van der Waals surface area (Å²) in [7, 11) is 0. The van der Waals surface area contributed by atoms with Gasteiger partial charge >= 0.3 is 5.97 Å². The highest BCUT2D eigenvalue weighted by atomic mass is 16.4. The molecule has 1 aliphatic carbocycles. The number of anilines is 1. The average Bonchev–Trinajstić information content (AvgIpc) is 2.74. The molecule has 0 saturated heterocycles. The van der Waals surface area contributed by atoms with Gasteiger partial charge in [-0.05, 0) is 43.4 Å². The SMILES string of the molecule is O=C(O)c1cccc2c1CCCN2C1CCCCCC1. The monoisotopic (exact) mass is 273 g/mol. The van der Waals surface area contributed by atoms with E-state index in [0.717, 1.165) is 24.9 Å². The van der Waals surface area contributed by atoms with Crippen LogP contribution in [0, 0.1) is 0 Å². The highest BCUT2D eigenvalue weighted by Crippen LogP contribution is 2.34. The number of rotatable bonds is 2. The zero-order valence-electron chi connectivity index (χ0n) is 12.0. The van der Waals surface area contributed by atoms with Crippen LogP contribution < -0.4 is 4.90 Å². The van der Waals surface area contributed by atoms with E-state index < -0.39 is 5.97 Å². The van der Waals surface area contributed by atoms with Crippen molar-refractivity contribution >= 4 is 11.7 Å². The van der Waals surface area contributed by atoms with Crippen molar-refractivity contribution in [3.8, 4) is 0 Å². The van der Waals surface area contributed by atoms with Gasteiger partial charge in [-0.2, -0.15) is 0 Å². The van der Waals surface area contributed by atoms with Gasteiger partial charge in [0.25, 0.3) is 0 Å². The largest absolute Gasteiger partial charge is 0.478 e. The molecular weight excluding hydrogens is 250 g/mol. The molecule has 20 heavy (non-hydrogen) atoms. The van der Waals surface area contributed by atoms with Crippen molar-refractivity contribution in [2.45, 2.75) is 57.4 Å². The molecule has 0 bridgehead atoms. The summed E-state index contributed by atoms with van der Waals surface area (Å²) in [6, 6.07) is 6.38. The van der Waals surface area contributed by atoms with Crippen molar-refractivity contribution in [1.29, 1.82) is 0 Å². The van der Waals surface area contributed by atoms with Gasteiger partial charge in [0.15, 0.2) is 0 Å². The number of benzene rings is 1. The van der Waals surface area contributed by atoms with Gasteiger partial charge < -0.3 is 10.0 Å². The second-order valence-electron chi connectivity index (χ2n) is 6.05. The molecular formula is C17H23NO2. The smallest absolute Gasteiger partial charge is 0.336 e. The molecule has 108 valence electrons. The Morgan fingerprint density at radius 3 is 2.55 bits per heavy atom. The molecule has 1 N–H and O–H groups in total. The maximum atomic E-state index is 11.4. The molecule has 2 aliphatic rings. The summed E-state index contributed by atoms with van der Waals surface area (Å²) in [4.78, 5) is 13.9. The maximum Gasteiger partial charge on any atom is 0.336 e. The van der Waals surface area contributed by atoms with Crippen LogP contribution in [0.5, 0.6) is 0 Å². The first-order valence-electron chi connectivity index (χ1n) is 7.89. The fourth-order valence-corrected chi connectivity index (χ4v) is 3.80. The zero-order chi connectivity index (χ0) is 13.9. The van der Waals surface area contributed by atoms with Crippen LogP contribution in [-0.4, -0.2) is 23.7 Å². The highest BCUT2D eigenvalue weighted by Gasteiger charge is 2.27. The molecule has 0 aromatic heterocycles. The highest BCUT2D eigenvalue weighted by molar-refractivity contribution is 5.91. The minimum absolute atomic E-state index is 0.501. The summed E-state index contributed by atoms with van der Waals surface area (Å²) in [5.41, 5.74) is 2.74. The molecule has 1 fully saturated rings. The summed E-state index contributed by atoms with van der Waals surface area (Å²) in [6.07, 6.45) is 9.84. The molecule has 1 aromatic rings. The summed E-state index contributed by atoms with van der Waals surface area (Å²) in [5, 5.41) is 9.36. The van der Waals surface area contributed by atoms with Crippen molar-refractivity contribution < 1.29 is 9.90 Å². The standard InChI is InChI=1S/C17H23NO2/c19-17(20)15-9-5-11-16-14(15)10-6-12-18(16)13-7-3-1-2-4-8-13/h5,9,11,13H,1-4,6-8,10,12H2,(H,19,20). The number of fused-ring (bicyclic) bond motifs is 1. The molecule has 0 radical (unpaired) electrons. The Balaban J connectivity index is 1.93. The van der Waals surface area contributed by atoms with Gasteiger partial charge in [-0.1, -0.05) is 31.7 Å². The van der Waals surface area contributed by atoms with E-state index in [0.29, 0.717) is 11.6 Å². The Kier molecular flexibility index (Phi) is 3.95. The summed E-state index contributed by atoms with van der Waals surface area (Å²) >= 11 is 0. The number of nitrogens with zero attached hydrogens (tertiary/aromatic N) is 1. The molecule has 3 rings (SSSR count). The van der Waals surface area contributed by atoms with E-state index in [2.05, 4.69) is 11.0 Å². The van der Waals surface area contributed by atoms with Crippen LogP contribution in [0.2, 0.25) is 0 Å². The van der Waals surface area contributed by atoms with E-state index in [1.807, 2.05) is 6.07 Å². The lowest BCUT2D eigenvalue weighted by Crippen LogP contribution is -2.39. The van der Waals surface area contributed by atoms with Crippen molar-refractivity contribution in [2.75, 3.05) is 11.4 Å². The molecule has 1 heterocycles. The molecule has 0 unspecified atom stereocenters. The zero-order valence-corrected chi connectivity index (χ0v) is 12.0. The normalized spacial score (nSPS) is 20.3. The first kappa shape index (κ1) is 13.5. The number of carboxylic acids is 1. The summed E-state index contributed by atoms with van der Waals surface area (Å²) < 4.78 is 0.